The van der Waals surface area contributed by atoms with E-state index in [1.807, 2.05) is 12.1 Å². The number of anilines is 2. The van der Waals surface area contributed by atoms with Gasteiger partial charge in [0, 0.05) is 21.7 Å². The molecule has 1 saturated heterocycles. The van der Waals surface area contributed by atoms with Crippen molar-refractivity contribution < 1.29 is 37.0 Å². The van der Waals surface area contributed by atoms with Gasteiger partial charge in [-0.2, -0.15) is 13.2 Å². The van der Waals surface area contributed by atoms with E-state index in [1.165, 1.54) is 17.0 Å². The minimum atomic E-state index is -4.53. The van der Waals surface area contributed by atoms with Gasteiger partial charge in [-0.15, -0.1) is 11.8 Å². The number of nitrogens with one attached hydrogen (secondary N) is 2. The van der Waals surface area contributed by atoms with Crippen molar-refractivity contribution in [3.63, 3.8) is 0 Å². The lowest BCUT2D eigenvalue weighted by Crippen LogP contribution is -2.42. The Labute approximate surface area is 285 Å². The van der Waals surface area contributed by atoms with Crippen LogP contribution in [0.4, 0.5) is 24.5 Å². The molecule has 2 aliphatic heterocycles. The van der Waals surface area contributed by atoms with Crippen molar-refractivity contribution in [2.75, 3.05) is 23.9 Å². The van der Waals surface area contributed by atoms with E-state index in [4.69, 9.17) is 9.47 Å². The lowest BCUT2D eigenvalue weighted by atomic mass is 9.68. The van der Waals surface area contributed by atoms with Crippen LogP contribution in [0.2, 0.25) is 0 Å². The molecule has 3 aromatic carbocycles. The maximum Gasteiger partial charge on any atom is 0.416 e. The number of fused-ring (bicyclic) bond motifs is 9. The van der Waals surface area contributed by atoms with Crippen LogP contribution in [0.1, 0.15) is 28.3 Å². The van der Waals surface area contributed by atoms with Crippen LogP contribution in [0.3, 0.4) is 0 Å². The quantitative estimate of drug-likeness (QED) is 0.221. The molecule has 4 aromatic rings. The van der Waals surface area contributed by atoms with Gasteiger partial charge >= 0.3 is 11.0 Å². The number of aromatic amines is 1. The smallest absolute Gasteiger partial charge is 0.416 e. The van der Waals surface area contributed by atoms with Gasteiger partial charge in [0.1, 0.15) is 11.5 Å². The van der Waals surface area contributed by atoms with Gasteiger partial charge in [0.15, 0.2) is 6.61 Å². The molecule has 3 fully saturated rings. The maximum absolute atomic E-state index is 14.0. The molecule has 2 saturated carbocycles. The highest BCUT2D eigenvalue weighted by Gasteiger charge is 2.69. The van der Waals surface area contributed by atoms with Crippen LogP contribution < -0.4 is 24.6 Å². The Bertz CT molecular complexity index is 2030. The number of thiazole rings is 1. The van der Waals surface area contributed by atoms with Crippen molar-refractivity contribution in [1.82, 2.24) is 4.98 Å². The van der Waals surface area contributed by atoms with Gasteiger partial charge in [-0.3, -0.25) is 24.1 Å². The molecule has 3 heterocycles. The lowest BCUT2D eigenvalue weighted by molar-refractivity contribution is -0.137. The predicted molar refractivity (Wildman–Crippen MR) is 176 cm³/mol. The number of rotatable bonds is 7. The van der Waals surface area contributed by atoms with Crippen molar-refractivity contribution in [2.24, 2.45) is 29.6 Å². The number of carbonyl (C=O) groups excluding carboxylic acids is 3. The number of thioether (sulfide) groups is 1. The minimum absolute atomic E-state index is 0.00691. The first kappa shape index (κ1) is 31.7. The molecule has 2 bridgehead atoms. The van der Waals surface area contributed by atoms with Crippen LogP contribution in [0, 0.1) is 29.6 Å². The first-order chi connectivity index (χ1) is 23.5. The highest BCUT2D eigenvalue weighted by molar-refractivity contribution is 8.00. The summed E-state index contributed by atoms with van der Waals surface area (Å²) in [4.78, 5) is 57.9. The van der Waals surface area contributed by atoms with E-state index in [-0.39, 0.29) is 51.3 Å². The van der Waals surface area contributed by atoms with Gasteiger partial charge in [0.05, 0.1) is 35.2 Å². The van der Waals surface area contributed by atoms with Crippen LogP contribution in [-0.4, -0.2) is 41.7 Å². The largest absolute Gasteiger partial charge is 0.497 e. The van der Waals surface area contributed by atoms with Crippen molar-refractivity contribution in [3.05, 3.63) is 98.5 Å². The van der Waals surface area contributed by atoms with Crippen LogP contribution >= 0.6 is 23.1 Å². The van der Waals surface area contributed by atoms with Crippen LogP contribution in [-0.2, 0) is 20.6 Å². The van der Waals surface area contributed by atoms with Crippen molar-refractivity contribution in [3.8, 4) is 11.5 Å². The molecular weight excluding hydrogens is 680 g/mol. The monoisotopic (exact) mass is 707 g/mol. The Hall–Kier alpha value is -4.56. The molecule has 7 atom stereocenters. The van der Waals surface area contributed by atoms with Crippen LogP contribution in [0.15, 0.2) is 82.6 Å². The molecule has 4 aliphatic rings. The van der Waals surface area contributed by atoms with Gasteiger partial charge in [-0.25, -0.2) is 0 Å². The number of alkyl halides is 3. The summed E-state index contributed by atoms with van der Waals surface area (Å²) in [5, 5.41) is 3.24. The molecule has 0 radical (unpaired) electrons. The third kappa shape index (κ3) is 5.32. The van der Waals surface area contributed by atoms with Gasteiger partial charge in [-0.1, -0.05) is 29.5 Å². The fourth-order valence-electron chi connectivity index (χ4n) is 8.27. The summed E-state index contributed by atoms with van der Waals surface area (Å²) in [5.41, 5.74) is 0.581. The first-order valence-electron chi connectivity index (χ1n) is 15.6. The Kier molecular flexibility index (Phi) is 7.63. The van der Waals surface area contributed by atoms with Crippen LogP contribution in [0.5, 0.6) is 11.5 Å². The number of ether oxygens (including phenoxy) is 2. The SMILES string of the molecule is COc1ccc(N2C(=O)[C@H]3[C@H]4C[C@@H]([C@@H]3C2=O)[C@@H]2[C@H](c3ccc(OCC(=O)Nc5cccc(C(F)(F)F)c5)cc3)c3sc(=O)[nH]c3S[C@H]42)cc1. The maximum atomic E-state index is 14.0. The van der Waals surface area contributed by atoms with E-state index in [1.54, 1.807) is 55.3 Å². The van der Waals surface area contributed by atoms with E-state index < -0.39 is 36.1 Å². The summed E-state index contributed by atoms with van der Waals surface area (Å²) in [6.45, 7) is -0.419. The minimum Gasteiger partial charge on any atom is -0.497 e. The number of imide groups is 1. The zero-order chi connectivity index (χ0) is 34.2. The molecule has 49 heavy (non-hydrogen) atoms. The lowest BCUT2D eigenvalue weighted by Gasteiger charge is -2.43. The molecule has 1 aromatic heterocycles. The third-order valence-corrected chi connectivity index (χ3v) is 12.7. The van der Waals surface area contributed by atoms with E-state index in [9.17, 15) is 32.3 Å². The number of H-pyrrole nitrogens is 1. The summed E-state index contributed by atoms with van der Waals surface area (Å²) < 4.78 is 50.0. The number of amides is 3. The van der Waals surface area contributed by atoms with Crippen molar-refractivity contribution in [2.45, 2.75) is 28.8 Å². The number of hydrogen-bond donors (Lipinski definition) is 2. The third-order valence-electron chi connectivity index (χ3n) is 10.1. The van der Waals surface area contributed by atoms with Gasteiger partial charge in [0.2, 0.25) is 11.8 Å². The van der Waals surface area contributed by atoms with E-state index in [0.717, 1.165) is 45.4 Å². The number of hydrogen-bond acceptors (Lipinski definition) is 8. The van der Waals surface area contributed by atoms with E-state index in [0.29, 0.717) is 17.2 Å². The Morgan fingerprint density at radius 1 is 0.959 bits per heavy atom. The van der Waals surface area contributed by atoms with Gasteiger partial charge in [-0.05, 0) is 84.3 Å². The first-order valence-corrected chi connectivity index (χ1v) is 17.3. The second-order valence-electron chi connectivity index (χ2n) is 12.7. The topological polar surface area (TPSA) is 118 Å². The van der Waals surface area contributed by atoms with Gasteiger partial charge < -0.3 is 19.8 Å². The molecule has 0 spiro atoms. The number of benzene rings is 3. The molecule has 2 aliphatic carbocycles. The molecule has 2 N–H and O–H groups in total. The zero-order valence-corrected chi connectivity index (χ0v) is 27.4. The fourth-order valence-corrected chi connectivity index (χ4v) is 11.2. The summed E-state index contributed by atoms with van der Waals surface area (Å²) in [5.74, 6) is -1.10. The van der Waals surface area contributed by atoms with Gasteiger partial charge in [0.25, 0.3) is 5.91 Å². The zero-order valence-electron chi connectivity index (χ0n) is 25.7. The number of nitrogens with zero attached hydrogens (tertiary/aromatic N) is 1. The molecule has 252 valence electrons. The Balaban J connectivity index is 1.02. The molecule has 8 rings (SSSR count). The molecular formula is C35H28F3N3O6S2. The summed E-state index contributed by atoms with van der Waals surface area (Å²) in [6.07, 6.45) is -3.78. The highest BCUT2D eigenvalue weighted by atomic mass is 32.2. The van der Waals surface area contributed by atoms with E-state index in [2.05, 4.69) is 10.3 Å². The second kappa shape index (κ2) is 11.8. The predicted octanol–water partition coefficient (Wildman–Crippen LogP) is 6.16. The van der Waals surface area contributed by atoms with Crippen molar-refractivity contribution in [1.29, 1.82) is 0 Å². The fraction of sp³-hybridized carbons (Fsp3) is 0.314. The second-order valence-corrected chi connectivity index (χ2v) is 14.9. The summed E-state index contributed by atoms with van der Waals surface area (Å²) in [7, 11) is 1.55. The number of carbonyl (C=O) groups is 3. The standard InChI is InChI=1S/C35H28F3N3O6S2/c1-46-20-11-7-19(8-12-20)41-32(43)27-22-14-23(28(27)33(41)44)29-26(22)25(30-31(48-29)40-34(45)49-30)16-5-9-21(10-6-16)47-15-24(42)39-18-4-2-3-17(13-18)35(36,37)38/h2-13,22-23,25-29H,14-15H2,1H3,(H,39,42)(H,40,45)/t22-,23-,25+,26-,27+,28+,29-/m1/s1. The average Bonchev–Trinajstić information content (AvgIpc) is 3.82. The molecule has 3 amide bonds. The number of aromatic nitrogens is 1. The van der Waals surface area contributed by atoms with Crippen molar-refractivity contribution >= 4 is 52.2 Å². The average molecular weight is 708 g/mol. The van der Waals surface area contributed by atoms with Crippen LogP contribution in [0.25, 0.3) is 0 Å². The highest BCUT2D eigenvalue weighted by Crippen LogP contribution is 2.68. The summed E-state index contributed by atoms with van der Waals surface area (Å²) in [6, 6.07) is 18.5. The number of halogens is 3. The summed E-state index contributed by atoms with van der Waals surface area (Å²) >= 11 is 2.76. The van der Waals surface area contributed by atoms with E-state index >= 15 is 0 Å². The molecule has 0 unspecified atom stereocenters. The Morgan fingerprint density at radius 3 is 2.35 bits per heavy atom. The normalized spacial score (nSPS) is 26.7. The number of methoxy groups -OCH3 is 1. The molecule has 9 nitrogen and oxygen atoms in total. The molecule has 14 heteroatoms. The Morgan fingerprint density at radius 2 is 1.65 bits per heavy atom.